The molecule has 2 aromatic rings. The van der Waals surface area contributed by atoms with Crippen molar-refractivity contribution in [2.75, 3.05) is 32.8 Å². The van der Waals surface area contributed by atoms with Gasteiger partial charge >= 0.3 is 6.09 Å². The lowest BCUT2D eigenvalue weighted by molar-refractivity contribution is -0.142. The lowest BCUT2D eigenvalue weighted by Gasteiger charge is -2.31. The summed E-state index contributed by atoms with van der Waals surface area (Å²) in [5, 5.41) is 3.01. The fourth-order valence-corrected chi connectivity index (χ4v) is 3.71. The van der Waals surface area contributed by atoms with Crippen molar-refractivity contribution in [3.8, 4) is 0 Å². The summed E-state index contributed by atoms with van der Waals surface area (Å²) in [5.41, 5.74) is 2.07. The molecule has 2 heterocycles. The van der Waals surface area contributed by atoms with Gasteiger partial charge in [-0.25, -0.2) is 4.79 Å². The average Bonchev–Trinajstić information content (AvgIpc) is 2.86. The van der Waals surface area contributed by atoms with Crippen molar-refractivity contribution in [3.63, 3.8) is 0 Å². The van der Waals surface area contributed by atoms with E-state index in [1.54, 1.807) is 23.2 Å². The van der Waals surface area contributed by atoms with E-state index in [1.807, 2.05) is 44.2 Å². The van der Waals surface area contributed by atoms with Crippen LogP contribution in [0, 0.1) is 5.92 Å². The normalized spacial score (nSPS) is 14.3. The molecule has 0 saturated carbocycles. The van der Waals surface area contributed by atoms with Gasteiger partial charge in [-0.05, 0) is 50.3 Å². The van der Waals surface area contributed by atoms with Gasteiger partial charge in [-0.2, -0.15) is 0 Å². The first-order valence-electron chi connectivity index (χ1n) is 11.5. The molecule has 0 aliphatic carbocycles. The molecule has 3 rings (SSSR count). The molecule has 0 unspecified atom stereocenters. The maximum absolute atomic E-state index is 12.7. The van der Waals surface area contributed by atoms with Crippen LogP contribution >= 0.6 is 0 Å². The lowest BCUT2D eigenvalue weighted by atomic mass is 9.97. The van der Waals surface area contributed by atoms with Crippen molar-refractivity contribution in [2.45, 2.75) is 39.6 Å². The van der Waals surface area contributed by atoms with Gasteiger partial charge in [0.1, 0.15) is 6.61 Å². The molecule has 178 valence electrons. The monoisotopic (exact) mass is 455 g/mol. The van der Waals surface area contributed by atoms with Crippen molar-refractivity contribution >= 4 is 12.0 Å². The van der Waals surface area contributed by atoms with Gasteiger partial charge < -0.3 is 24.4 Å². The number of amides is 2. The van der Waals surface area contributed by atoms with Crippen LogP contribution in [0.4, 0.5) is 4.79 Å². The molecule has 1 aliphatic rings. The van der Waals surface area contributed by atoms with Gasteiger partial charge in [0.2, 0.25) is 6.29 Å². The van der Waals surface area contributed by atoms with Crippen molar-refractivity contribution in [1.29, 1.82) is 0 Å². The summed E-state index contributed by atoms with van der Waals surface area (Å²) in [4.78, 5) is 31.0. The number of aromatic nitrogens is 1. The third-order valence-electron chi connectivity index (χ3n) is 5.55. The van der Waals surface area contributed by atoms with Gasteiger partial charge in [0.25, 0.3) is 5.91 Å². The number of carbonyl (C=O) groups is 2. The van der Waals surface area contributed by atoms with Crippen LogP contribution in [-0.2, 0) is 20.8 Å². The van der Waals surface area contributed by atoms with Crippen molar-refractivity contribution < 1.29 is 23.8 Å². The highest BCUT2D eigenvalue weighted by Crippen LogP contribution is 2.19. The zero-order valence-electron chi connectivity index (χ0n) is 19.4. The Morgan fingerprint density at radius 3 is 2.45 bits per heavy atom. The molecule has 33 heavy (non-hydrogen) atoms. The first-order chi connectivity index (χ1) is 16.1. The molecule has 8 nitrogen and oxygen atoms in total. The van der Waals surface area contributed by atoms with E-state index in [0.717, 1.165) is 18.4 Å². The Morgan fingerprint density at radius 2 is 1.79 bits per heavy atom. The maximum atomic E-state index is 12.7. The standard InChI is InChI=1S/C25H33N3O5/c1-3-31-24(32-4-2)22-16-21(10-13-26-22)23(29)27-17-19-11-14-28(15-12-19)25(30)33-18-20-8-6-5-7-9-20/h5-10,13,16,19,24H,3-4,11-12,14-15,17-18H2,1-2H3,(H,27,29). The Labute approximate surface area is 195 Å². The van der Waals surface area contributed by atoms with Crippen molar-refractivity contribution in [1.82, 2.24) is 15.2 Å². The van der Waals surface area contributed by atoms with Gasteiger partial charge in [0.05, 0.1) is 5.69 Å². The Bertz CT molecular complexity index is 879. The zero-order chi connectivity index (χ0) is 23.5. The first-order valence-corrected chi connectivity index (χ1v) is 11.5. The van der Waals surface area contributed by atoms with Crippen LogP contribution in [0.3, 0.4) is 0 Å². The van der Waals surface area contributed by atoms with Crippen LogP contribution in [0.5, 0.6) is 0 Å². The quantitative estimate of drug-likeness (QED) is 0.546. The Morgan fingerprint density at radius 1 is 1.09 bits per heavy atom. The van der Waals surface area contributed by atoms with Crippen LogP contribution in [0.2, 0.25) is 0 Å². The predicted molar refractivity (Wildman–Crippen MR) is 123 cm³/mol. The minimum absolute atomic E-state index is 0.157. The molecule has 0 atom stereocenters. The third kappa shape index (κ3) is 7.54. The Kier molecular flexibility index (Phi) is 9.65. The molecule has 1 aromatic carbocycles. The number of nitrogens with zero attached hydrogens (tertiary/aromatic N) is 2. The lowest BCUT2D eigenvalue weighted by Crippen LogP contribution is -2.41. The maximum Gasteiger partial charge on any atom is 0.410 e. The summed E-state index contributed by atoms with van der Waals surface area (Å²) in [7, 11) is 0. The molecular weight excluding hydrogens is 422 g/mol. The smallest absolute Gasteiger partial charge is 0.410 e. The van der Waals surface area contributed by atoms with Gasteiger partial charge in [-0.3, -0.25) is 9.78 Å². The molecule has 1 fully saturated rings. The molecule has 1 N–H and O–H groups in total. The summed E-state index contributed by atoms with van der Waals surface area (Å²) in [6.45, 7) is 6.83. The van der Waals surface area contributed by atoms with E-state index in [-0.39, 0.29) is 18.6 Å². The number of nitrogens with one attached hydrogen (secondary N) is 1. The van der Waals surface area contributed by atoms with E-state index in [1.165, 1.54) is 0 Å². The number of hydrogen-bond acceptors (Lipinski definition) is 6. The number of pyridine rings is 1. The summed E-state index contributed by atoms with van der Waals surface area (Å²) in [5.74, 6) is 0.156. The van der Waals surface area contributed by atoms with E-state index < -0.39 is 6.29 Å². The van der Waals surface area contributed by atoms with E-state index in [0.29, 0.717) is 50.0 Å². The van der Waals surface area contributed by atoms with Crippen LogP contribution in [0.15, 0.2) is 48.7 Å². The Hall–Kier alpha value is -2.97. The fraction of sp³-hybridized carbons (Fsp3) is 0.480. The minimum atomic E-state index is -0.585. The SMILES string of the molecule is CCOC(OCC)c1cc(C(=O)NCC2CCN(C(=O)OCc3ccccc3)CC2)ccn1. The number of benzene rings is 1. The minimum Gasteiger partial charge on any atom is -0.445 e. The second-order valence-corrected chi connectivity index (χ2v) is 7.89. The summed E-state index contributed by atoms with van der Waals surface area (Å²) < 4.78 is 16.6. The second kappa shape index (κ2) is 12.9. The Balaban J connectivity index is 1.42. The summed E-state index contributed by atoms with van der Waals surface area (Å²) in [6, 6.07) is 13.0. The number of piperidine rings is 1. The van der Waals surface area contributed by atoms with E-state index in [9.17, 15) is 9.59 Å². The van der Waals surface area contributed by atoms with Gasteiger partial charge in [-0.15, -0.1) is 0 Å². The van der Waals surface area contributed by atoms with Gasteiger partial charge in [0, 0.05) is 44.6 Å². The summed E-state index contributed by atoms with van der Waals surface area (Å²) >= 11 is 0. The predicted octanol–water partition coefficient (Wildman–Crippen LogP) is 3.93. The molecule has 1 aliphatic heterocycles. The third-order valence-corrected chi connectivity index (χ3v) is 5.55. The molecule has 1 aromatic heterocycles. The van der Waals surface area contributed by atoms with Gasteiger partial charge in [0.15, 0.2) is 0 Å². The largest absolute Gasteiger partial charge is 0.445 e. The number of carbonyl (C=O) groups excluding carboxylic acids is 2. The average molecular weight is 456 g/mol. The first kappa shape index (κ1) is 24.7. The fourth-order valence-electron chi connectivity index (χ4n) is 3.71. The topological polar surface area (TPSA) is 90.0 Å². The highest BCUT2D eigenvalue weighted by atomic mass is 16.7. The zero-order valence-corrected chi connectivity index (χ0v) is 19.4. The van der Waals surface area contributed by atoms with E-state index in [4.69, 9.17) is 14.2 Å². The van der Waals surface area contributed by atoms with Crippen molar-refractivity contribution in [2.24, 2.45) is 5.92 Å². The molecular formula is C25H33N3O5. The van der Waals surface area contributed by atoms with E-state index >= 15 is 0 Å². The van der Waals surface area contributed by atoms with E-state index in [2.05, 4.69) is 10.3 Å². The molecule has 1 saturated heterocycles. The second-order valence-electron chi connectivity index (χ2n) is 7.89. The number of ether oxygens (including phenoxy) is 3. The van der Waals surface area contributed by atoms with Crippen LogP contribution in [-0.4, -0.2) is 54.7 Å². The summed E-state index contributed by atoms with van der Waals surface area (Å²) in [6.07, 6.45) is 2.36. The number of likely N-dealkylation sites (tertiary alicyclic amines) is 1. The molecule has 8 heteroatoms. The van der Waals surface area contributed by atoms with Crippen LogP contribution < -0.4 is 5.32 Å². The molecule has 0 radical (unpaired) electrons. The highest BCUT2D eigenvalue weighted by molar-refractivity contribution is 5.94. The number of rotatable bonds is 10. The van der Waals surface area contributed by atoms with Gasteiger partial charge in [-0.1, -0.05) is 30.3 Å². The molecule has 2 amide bonds. The molecule has 0 spiro atoms. The van der Waals surface area contributed by atoms with Crippen LogP contribution in [0.1, 0.15) is 54.6 Å². The van der Waals surface area contributed by atoms with Crippen molar-refractivity contribution in [3.05, 3.63) is 65.5 Å². The highest BCUT2D eigenvalue weighted by Gasteiger charge is 2.24. The molecule has 0 bridgehead atoms. The van der Waals surface area contributed by atoms with Crippen LogP contribution in [0.25, 0.3) is 0 Å². The number of hydrogen-bond donors (Lipinski definition) is 1.